The molecule has 2 aromatic carbocycles. The van der Waals surface area contributed by atoms with E-state index < -0.39 is 0 Å². The summed E-state index contributed by atoms with van der Waals surface area (Å²) in [5.74, 6) is -0.193. The van der Waals surface area contributed by atoms with Crippen LogP contribution in [0.5, 0.6) is 0 Å². The molecule has 1 N–H and O–H groups in total. The van der Waals surface area contributed by atoms with E-state index in [0.717, 1.165) is 26.5 Å². The summed E-state index contributed by atoms with van der Waals surface area (Å²) in [5.41, 5.74) is 2.68. The van der Waals surface area contributed by atoms with Crippen LogP contribution >= 0.6 is 15.9 Å². The van der Waals surface area contributed by atoms with Crippen molar-refractivity contribution < 1.29 is 4.79 Å². The van der Waals surface area contributed by atoms with Crippen LogP contribution in [0.15, 0.2) is 64.3 Å². The Bertz CT molecular complexity index is 944. The molecule has 2 heterocycles. The average molecular weight is 352 g/mol. The molecule has 0 radical (unpaired) electrons. The molecule has 4 rings (SSSR count). The largest absolute Gasteiger partial charge is 0.320 e. The molecule has 1 aromatic heterocycles. The Morgan fingerprint density at radius 3 is 2.86 bits per heavy atom. The zero-order chi connectivity index (χ0) is 15.1. The predicted molar refractivity (Wildman–Crippen MR) is 90.7 cm³/mol. The molecule has 3 aromatic rings. The van der Waals surface area contributed by atoms with E-state index in [4.69, 9.17) is 0 Å². The third-order valence-corrected chi connectivity index (χ3v) is 4.07. The minimum atomic E-state index is -0.193. The first-order valence-electron chi connectivity index (χ1n) is 6.75. The molecule has 0 spiro atoms. The normalized spacial score (nSPS) is 15.1. The van der Waals surface area contributed by atoms with Crippen LogP contribution in [0.4, 0.5) is 11.4 Å². The maximum Gasteiger partial charge on any atom is 0.275 e. The van der Waals surface area contributed by atoms with Gasteiger partial charge in [0.1, 0.15) is 5.71 Å². The highest BCUT2D eigenvalue weighted by atomic mass is 79.9. The van der Waals surface area contributed by atoms with Crippen LogP contribution in [-0.4, -0.2) is 16.6 Å². The summed E-state index contributed by atoms with van der Waals surface area (Å²) in [4.78, 5) is 21.0. The molecular formula is C17H10BrN3O. The van der Waals surface area contributed by atoms with Crippen LogP contribution in [0, 0.1) is 0 Å². The topological polar surface area (TPSA) is 54.4 Å². The molecule has 5 heteroatoms. The second kappa shape index (κ2) is 5.03. The van der Waals surface area contributed by atoms with Crippen molar-refractivity contribution in [2.75, 3.05) is 5.32 Å². The Morgan fingerprint density at radius 1 is 1.09 bits per heavy atom. The smallest absolute Gasteiger partial charge is 0.275 e. The van der Waals surface area contributed by atoms with Crippen LogP contribution in [0.25, 0.3) is 10.8 Å². The lowest BCUT2D eigenvalue weighted by Crippen LogP contribution is -2.13. The number of amides is 1. The number of aliphatic imine (C=N–C) groups is 1. The minimum absolute atomic E-state index is 0.193. The molecular weight excluding hydrogens is 342 g/mol. The molecule has 0 aliphatic carbocycles. The van der Waals surface area contributed by atoms with Crippen LogP contribution in [0.1, 0.15) is 5.56 Å². The van der Waals surface area contributed by atoms with Crippen molar-refractivity contribution in [3.8, 4) is 0 Å². The average Bonchev–Trinajstić information content (AvgIpc) is 2.83. The fourth-order valence-corrected chi connectivity index (χ4v) is 2.91. The zero-order valence-corrected chi connectivity index (χ0v) is 13.0. The second-order valence-electron chi connectivity index (χ2n) is 4.98. The van der Waals surface area contributed by atoms with Gasteiger partial charge < -0.3 is 5.32 Å². The van der Waals surface area contributed by atoms with Crippen molar-refractivity contribution in [3.05, 3.63) is 64.9 Å². The van der Waals surface area contributed by atoms with E-state index in [0.29, 0.717) is 11.4 Å². The van der Waals surface area contributed by atoms with Crippen LogP contribution < -0.4 is 5.32 Å². The van der Waals surface area contributed by atoms with Crippen molar-refractivity contribution in [3.63, 3.8) is 0 Å². The summed E-state index contributed by atoms with van der Waals surface area (Å²) >= 11 is 3.43. The molecule has 0 fully saturated rings. The van der Waals surface area contributed by atoms with Gasteiger partial charge in [0, 0.05) is 27.0 Å². The highest BCUT2D eigenvalue weighted by Crippen LogP contribution is 2.30. The Morgan fingerprint density at radius 2 is 1.95 bits per heavy atom. The van der Waals surface area contributed by atoms with E-state index in [9.17, 15) is 4.79 Å². The van der Waals surface area contributed by atoms with Crippen molar-refractivity contribution in [1.29, 1.82) is 0 Å². The Kier molecular flexibility index (Phi) is 3.01. The summed E-state index contributed by atoms with van der Waals surface area (Å²) in [6, 6.07) is 13.5. The van der Waals surface area contributed by atoms with Crippen molar-refractivity contribution in [2.45, 2.75) is 0 Å². The molecule has 0 bridgehead atoms. The predicted octanol–water partition coefficient (Wildman–Crippen LogP) is 4.07. The summed E-state index contributed by atoms with van der Waals surface area (Å²) in [5, 5.41) is 4.80. The lowest BCUT2D eigenvalue weighted by Gasteiger charge is -2.02. The Labute approximate surface area is 135 Å². The maximum absolute atomic E-state index is 12.2. The van der Waals surface area contributed by atoms with E-state index >= 15 is 0 Å². The van der Waals surface area contributed by atoms with Gasteiger partial charge in [0.25, 0.3) is 5.91 Å². The molecule has 1 aliphatic rings. The summed E-state index contributed by atoms with van der Waals surface area (Å²) in [7, 11) is 0. The van der Waals surface area contributed by atoms with Crippen molar-refractivity contribution >= 4 is 49.7 Å². The van der Waals surface area contributed by atoms with Gasteiger partial charge in [-0.2, -0.15) is 0 Å². The number of halogens is 1. The number of hydrogen-bond donors (Lipinski definition) is 1. The quantitative estimate of drug-likeness (QED) is 0.718. The van der Waals surface area contributed by atoms with Gasteiger partial charge in [-0.15, -0.1) is 0 Å². The van der Waals surface area contributed by atoms with Gasteiger partial charge in [0.05, 0.1) is 17.6 Å². The molecule has 1 aliphatic heterocycles. The molecule has 0 saturated heterocycles. The van der Waals surface area contributed by atoms with Crippen molar-refractivity contribution in [2.24, 2.45) is 4.99 Å². The number of carbonyl (C=O) groups excluding carboxylic acids is 1. The second-order valence-corrected chi connectivity index (χ2v) is 5.90. The SMILES string of the molecule is O=C1Nc2ccc(Br)cc2/C1=N\c1cncc2ccccc12. The number of fused-ring (bicyclic) bond motifs is 2. The fraction of sp³-hybridized carbons (Fsp3) is 0. The number of pyridine rings is 1. The summed E-state index contributed by atoms with van der Waals surface area (Å²) < 4.78 is 0.909. The van der Waals surface area contributed by atoms with Crippen molar-refractivity contribution in [1.82, 2.24) is 4.98 Å². The molecule has 0 atom stereocenters. The zero-order valence-electron chi connectivity index (χ0n) is 11.4. The monoisotopic (exact) mass is 351 g/mol. The number of nitrogens with one attached hydrogen (secondary N) is 1. The van der Waals surface area contributed by atoms with Gasteiger partial charge in [0.15, 0.2) is 0 Å². The van der Waals surface area contributed by atoms with Crippen LogP contribution in [0.2, 0.25) is 0 Å². The highest BCUT2D eigenvalue weighted by molar-refractivity contribution is 9.10. The van der Waals surface area contributed by atoms with Gasteiger partial charge in [-0.05, 0) is 18.2 Å². The van der Waals surface area contributed by atoms with Gasteiger partial charge in [-0.3, -0.25) is 9.78 Å². The standard InChI is InChI=1S/C17H10BrN3O/c18-11-5-6-14-13(7-11)16(17(22)21-14)20-15-9-19-8-10-3-1-2-4-12(10)15/h1-9H,(H,20,21,22). The number of hydrogen-bond acceptors (Lipinski definition) is 3. The van der Waals surface area contributed by atoms with Gasteiger partial charge in [-0.25, -0.2) is 4.99 Å². The lowest BCUT2D eigenvalue weighted by atomic mass is 10.1. The first-order chi connectivity index (χ1) is 10.7. The highest BCUT2D eigenvalue weighted by Gasteiger charge is 2.26. The van der Waals surface area contributed by atoms with E-state index in [1.54, 1.807) is 12.4 Å². The molecule has 0 unspecified atom stereocenters. The van der Waals surface area contributed by atoms with E-state index in [1.807, 2.05) is 42.5 Å². The molecule has 22 heavy (non-hydrogen) atoms. The lowest BCUT2D eigenvalue weighted by molar-refractivity contribution is -0.110. The first kappa shape index (κ1) is 13.2. The van der Waals surface area contributed by atoms with E-state index in [1.165, 1.54) is 0 Å². The first-order valence-corrected chi connectivity index (χ1v) is 7.54. The Balaban J connectivity index is 1.93. The fourth-order valence-electron chi connectivity index (χ4n) is 2.55. The molecule has 106 valence electrons. The van der Waals surface area contributed by atoms with E-state index in [2.05, 4.69) is 31.2 Å². The minimum Gasteiger partial charge on any atom is -0.320 e. The number of nitrogens with zero attached hydrogens (tertiary/aromatic N) is 2. The number of rotatable bonds is 1. The summed E-state index contributed by atoms with van der Waals surface area (Å²) in [6.45, 7) is 0. The number of aromatic nitrogens is 1. The molecule has 1 amide bonds. The van der Waals surface area contributed by atoms with Gasteiger partial charge >= 0.3 is 0 Å². The Hall–Kier alpha value is -2.53. The maximum atomic E-state index is 12.2. The summed E-state index contributed by atoms with van der Waals surface area (Å²) in [6.07, 6.45) is 3.47. The molecule has 4 nitrogen and oxygen atoms in total. The molecule has 0 saturated carbocycles. The number of carbonyl (C=O) groups is 1. The van der Waals surface area contributed by atoms with Gasteiger partial charge in [0.2, 0.25) is 0 Å². The third kappa shape index (κ3) is 2.10. The number of benzene rings is 2. The number of anilines is 1. The van der Waals surface area contributed by atoms with Gasteiger partial charge in [-0.1, -0.05) is 40.2 Å². The van der Waals surface area contributed by atoms with Crippen LogP contribution in [0.3, 0.4) is 0 Å². The third-order valence-electron chi connectivity index (χ3n) is 3.58. The van der Waals surface area contributed by atoms with E-state index in [-0.39, 0.29) is 5.91 Å². The van der Waals surface area contributed by atoms with Crippen LogP contribution in [-0.2, 0) is 4.79 Å².